The van der Waals surface area contributed by atoms with Gasteiger partial charge in [-0.2, -0.15) is 0 Å². The summed E-state index contributed by atoms with van der Waals surface area (Å²) in [6.07, 6.45) is 0.716. The van der Waals surface area contributed by atoms with E-state index in [9.17, 15) is 19.3 Å². The SMILES string of the molecule is CCCN(Cc1ccc(F)cc1)C(=O)c1ccc(OCc2ccccc2)c([N+](=O)[O-])c1. The molecule has 0 spiro atoms. The number of nitrogens with zero attached hydrogens (tertiary/aromatic N) is 2. The molecule has 160 valence electrons. The van der Waals surface area contributed by atoms with Gasteiger partial charge in [-0.05, 0) is 41.8 Å². The Kier molecular flexibility index (Phi) is 7.32. The van der Waals surface area contributed by atoms with Crippen LogP contribution in [0.25, 0.3) is 0 Å². The summed E-state index contributed by atoms with van der Waals surface area (Å²) in [5.74, 6) is -0.575. The smallest absolute Gasteiger partial charge is 0.311 e. The van der Waals surface area contributed by atoms with Gasteiger partial charge < -0.3 is 9.64 Å². The van der Waals surface area contributed by atoms with Crippen LogP contribution in [0.4, 0.5) is 10.1 Å². The first-order valence-corrected chi connectivity index (χ1v) is 9.97. The molecule has 0 bridgehead atoms. The molecule has 0 atom stereocenters. The summed E-state index contributed by atoms with van der Waals surface area (Å²) in [6, 6.07) is 19.5. The Morgan fingerprint density at radius 1 is 1.03 bits per heavy atom. The Bertz CT molecular complexity index is 1040. The lowest BCUT2D eigenvalue weighted by molar-refractivity contribution is -0.386. The highest BCUT2D eigenvalue weighted by atomic mass is 19.1. The van der Waals surface area contributed by atoms with Crippen molar-refractivity contribution in [2.75, 3.05) is 6.54 Å². The first-order valence-electron chi connectivity index (χ1n) is 9.97. The second-order valence-corrected chi connectivity index (χ2v) is 7.07. The van der Waals surface area contributed by atoms with E-state index in [-0.39, 0.29) is 41.9 Å². The molecule has 0 unspecified atom stereocenters. The number of carbonyl (C=O) groups excluding carboxylic acids is 1. The maximum Gasteiger partial charge on any atom is 0.311 e. The molecular weight excluding hydrogens is 399 g/mol. The summed E-state index contributed by atoms with van der Waals surface area (Å²) in [6.45, 7) is 2.87. The van der Waals surface area contributed by atoms with Crippen molar-refractivity contribution in [1.29, 1.82) is 0 Å². The van der Waals surface area contributed by atoms with Gasteiger partial charge in [0.1, 0.15) is 12.4 Å². The fourth-order valence-electron chi connectivity index (χ4n) is 3.17. The summed E-state index contributed by atoms with van der Waals surface area (Å²) in [4.78, 5) is 25.7. The summed E-state index contributed by atoms with van der Waals surface area (Å²) >= 11 is 0. The maximum absolute atomic E-state index is 13.2. The quantitative estimate of drug-likeness (QED) is 0.343. The van der Waals surface area contributed by atoms with Crippen molar-refractivity contribution in [3.8, 4) is 5.75 Å². The third-order valence-corrected chi connectivity index (χ3v) is 4.71. The molecule has 7 heteroatoms. The van der Waals surface area contributed by atoms with E-state index in [1.807, 2.05) is 37.3 Å². The number of nitro groups is 1. The van der Waals surface area contributed by atoms with Crippen LogP contribution in [-0.2, 0) is 13.2 Å². The molecule has 6 nitrogen and oxygen atoms in total. The van der Waals surface area contributed by atoms with Crippen molar-refractivity contribution in [3.63, 3.8) is 0 Å². The van der Waals surface area contributed by atoms with Gasteiger partial charge in [0.05, 0.1) is 4.92 Å². The highest BCUT2D eigenvalue weighted by molar-refractivity contribution is 5.95. The number of carbonyl (C=O) groups is 1. The van der Waals surface area contributed by atoms with Gasteiger partial charge in [-0.3, -0.25) is 14.9 Å². The summed E-state index contributed by atoms with van der Waals surface area (Å²) in [5.41, 5.74) is 1.60. The second kappa shape index (κ2) is 10.3. The Morgan fingerprint density at radius 3 is 2.39 bits per heavy atom. The second-order valence-electron chi connectivity index (χ2n) is 7.07. The zero-order valence-corrected chi connectivity index (χ0v) is 17.2. The van der Waals surface area contributed by atoms with Gasteiger partial charge in [-0.25, -0.2) is 4.39 Å². The minimum Gasteiger partial charge on any atom is -0.482 e. The number of nitro benzene ring substituents is 1. The van der Waals surface area contributed by atoms with Crippen LogP contribution in [0, 0.1) is 15.9 Å². The van der Waals surface area contributed by atoms with Gasteiger partial charge >= 0.3 is 5.69 Å². The van der Waals surface area contributed by atoms with Gasteiger partial charge in [0.25, 0.3) is 5.91 Å². The number of halogens is 1. The standard InChI is InChI=1S/C24H23FN2O4/c1-2-14-26(16-18-8-11-21(25)12-9-18)24(28)20-10-13-23(22(15-20)27(29)30)31-17-19-6-4-3-5-7-19/h3-13,15H,2,14,16-17H2,1H3. The third-order valence-electron chi connectivity index (χ3n) is 4.71. The van der Waals surface area contributed by atoms with Crippen LogP contribution >= 0.6 is 0 Å². The topological polar surface area (TPSA) is 72.7 Å². The van der Waals surface area contributed by atoms with E-state index in [1.165, 1.54) is 30.3 Å². The van der Waals surface area contributed by atoms with Crippen molar-refractivity contribution in [2.45, 2.75) is 26.5 Å². The summed E-state index contributed by atoms with van der Waals surface area (Å²) in [7, 11) is 0. The zero-order valence-electron chi connectivity index (χ0n) is 17.2. The van der Waals surface area contributed by atoms with Gasteiger partial charge in [0.15, 0.2) is 5.75 Å². The molecular formula is C24H23FN2O4. The van der Waals surface area contributed by atoms with Gasteiger partial charge in [0.2, 0.25) is 0 Å². The van der Waals surface area contributed by atoms with Crippen molar-refractivity contribution >= 4 is 11.6 Å². The highest BCUT2D eigenvalue weighted by Crippen LogP contribution is 2.29. The highest BCUT2D eigenvalue weighted by Gasteiger charge is 2.22. The van der Waals surface area contributed by atoms with Crippen molar-refractivity contribution in [2.24, 2.45) is 0 Å². The number of hydrogen-bond acceptors (Lipinski definition) is 4. The molecule has 1 amide bonds. The van der Waals surface area contributed by atoms with Crippen molar-refractivity contribution in [1.82, 2.24) is 4.90 Å². The van der Waals surface area contributed by atoms with Crippen LogP contribution in [0.2, 0.25) is 0 Å². The molecule has 0 N–H and O–H groups in total. The minimum absolute atomic E-state index is 0.103. The van der Waals surface area contributed by atoms with Crippen LogP contribution in [0.1, 0.15) is 34.8 Å². The largest absolute Gasteiger partial charge is 0.482 e. The molecule has 0 aliphatic carbocycles. The predicted octanol–water partition coefficient (Wildman–Crippen LogP) is 5.37. The van der Waals surface area contributed by atoms with E-state index in [2.05, 4.69) is 0 Å². The lowest BCUT2D eigenvalue weighted by Crippen LogP contribution is -2.31. The van der Waals surface area contributed by atoms with E-state index in [0.29, 0.717) is 13.0 Å². The fraction of sp³-hybridized carbons (Fsp3) is 0.208. The summed E-state index contributed by atoms with van der Waals surface area (Å²) < 4.78 is 18.8. The molecule has 31 heavy (non-hydrogen) atoms. The van der Waals surface area contributed by atoms with Gasteiger partial charge in [-0.1, -0.05) is 49.4 Å². The molecule has 0 radical (unpaired) electrons. The average Bonchev–Trinajstić information content (AvgIpc) is 2.79. The molecule has 0 fully saturated rings. The van der Waals surface area contributed by atoms with Crippen molar-refractivity contribution < 1.29 is 18.8 Å². The van der Waals surface area contributed by atoms with E-state index in [1.54, 1.807) is 17.0 Å². The number of ether oxygens (including phenoxy) is 1. The average molecular weight is 422 g/mol. The molecule has 3 aromatic rings. The summed E-state index contributed by atoms with van der Waals surface area (Å²) in [5, 5.41) is 11.6. The van der Waals surface area contributed by atoms with Gasteiger partial charge in [-0.15, -0.1) is 0 Å². The normalized spacial score (nSPS) is 10.5. The first kappa shape index (κ1) is 22.0. The Labute approximate surface area is 180 Å². The molecule has 3 aromatic carbocycles. The molecule has 0 saturated carbocycles. The molecule has 0 aromatic heterocycles. The first-order chi connectivity index (χ1) is 15.0. The van der Waals surface area contributed by atoms with E-state index >= 15 is 0 Å². The van der Waals surface area contributed by atoms with Crippen LogP contribution in [0.5, 0.6) is 5.75 Å². The lowest BCUT2D eigenvalue weighted by Gasteiger charge is -2.22. The lowest BCUT2D eigenvalue weighted by atomic mass is 10.1. The number of hydrogen-bond donors (Lipinski definition) is 0. The number of benzene rings is 3. The molecule has 0 heterocycles. The zero-order chi connectivity index (χ0) is 22.2. The van der Waals surface area contributed by atoms with Gasteiger partial charge in [0, 0.05) is 24.7 Å². The van der Waals surface area contributed by atoms with Crippen LogP contribution in [-0.4, -0.2) is 22.3 Å². The predicted molar refractivity (Wildman–Crippen MR) is 115 cm³/mol. The fourth-order valence-corrected chi connectivity index (χ4v) is 3.17. The number of rotatable bonds is 9. The maximum atomic E-state index is 13.2. The number of amides is 1. The van der Waals surface area contributed by atoms with Crippen LogP contribution in [0.3, 0.4) is 0 Å². The van der Waals surface area contributed by atoms with E-state index in [4.69, 9.17) is 4.74 Å². The van der Waals surface area contributed by atoms with Crippen molar-refractivity contribution in [3.05, 3.63) is 105 Å². The molecule has 0 aliphatic heterocycles. The monoisotopic (exact) mass is 422 g/mol. The Balaban J connectivity index is 1.80. The molecule has 0 aliphatic rings. The Hall–Kier alpha value is -3.74. The Morgan fingerprint density at radius 2 is 1.74 bits per heavy atom. The molecule has 3 rings (SSSR count). The van der Waals surface area contributed by atoms with E-state index < -0.39 is 4.92 Å². The van der Waals surface area contributed by atoms with Crippen LogP contribution < -0.4 is 4.74 Å². The third kappa shape index (κ3) is 5.88. The van der Waals surface area contributed by atoms with Crippen LogP contribution in [0.15, 0.2) is 72.8 Å². The minimum atomic E-state index is -0.554. The molecule has 0 saturated heterocycles. The van der Waals surface area contributed by atoms with E-state index in [0.717, 1.165) is 11.1 Å².